The maximum atomic E-state index is 12.7. The maximum absolute atomic E-state index is 12.7. The van der Waals surface area contributed by atoms with Crippen molar-refractivity contribution in [2.75, 3.05) is 6.54 Å². The standard InChI is InChI=1S/C30H34ClN3O8/c1-29(2,3)41-27(37)33-26(34-28(38)42-30(4,5)6)32-14-13-18-7-10-21(11-8-18)39-24(35)22-16-20-15-19(17-31)9-12-23(20)40-25(22)36/h7-12,15-16H,13-14,17H2,1-6H3,(H2,32,33,34,37,38). The molecule has 0 saturated carbocycles. The molecule has 12 heteroatoms. The summed E-state index contributed by atoms with van der Waals surface area (Å²) in [6, 6.07) is 13.1. The fourth-order valence-electron chi connectivity index (χ4n) is 3.50. The Morgan fingerprint density at radius 3 is 2.17 bits per heavy atom. The van der Waals surface area contributed by atoms with Crippen molar-refractivity contribution in [1.82, 2.24) is 10.6 Å². The number of nitrogens with one attached hydrogen (secondary N) is 2. The number of hydrogen-bond acceptors (Lipinski definition) is 8. The van der Waals surface area contributed by atoms with Crippen molar-refractivity contribution in [1.29, 1.82) is 0 Å². The van der Waals surface area contributed by atoms with Crippen LogP contribution in [0, 0.1) is 0 Å². The molecule has 2 N–H and O–H groups in total. The Bertz CT molecular complexity index is 1530. The molecule has 0 aliphatic carbocycles. The monoisotopic (exact) mass is 599 g/mol. The predicted octanol–water partition coefficient (Wildman–Crippen LogP) is 5.70. The molecule has 0 aliphatic rings. The average Bonchev–Trinajstić information content (AvgIpc) is 2.86. The fraction of sp³-hybridized carbons (Fsp3) is 0.367. The van der Waals surface area contributed by atoms with Gasteiger partial charge in [-0.3, -0.25) is 5.32 Å². The highest BCUT2D eigenvalue weighted by Gasteiger charge is 2.20. The molecule has 224 valence electrons. The number of aliphatic imine (C=N–C) groups is 1. The Morgan fingerprint density at radius 1 is 0.905 bits per heavy atom. The zero-order chi connectivity index (χ0) is 31.1. The third-order valence-corrected chi connectivity index (χ3v) is 5.54. The molecule has 2 amide bonds. The van der Waals surface area contributed by atoms with E-state index in [9.17, 15) is 19.2 Å². The molecule has 0 atom stereocenters. The number of esters is 1. The van der Waals surface area contributed by atoms with Gasteiger partial charge in [0.25, 0.3) is 0 Å². The second-order valence-electron chi connectivity index (χ2n) is 11.2. The molecule has 3 rings (SSSR count). The lowest BCUT2D eigenvalue weighted by atomic mass is 10.1. The minimum atomic E-state index is -0.882. The summed E-state index contributed by atoms with van der Waals surface area (Å²) >= 11 is 5.88. The number of ether oxygens (including phenoxy) is 3. The number of fused-ring (bicyclic) bond motifs is 1. The van der Waals surface area contributed by atoms with Gasteiger partial charge in [0.05, 0.1) is 0 Å². The predicted molar refractivity (Wildman–Crippen MR) is 158 cm³/mol. The quantitative estimate of drug-likeness (QED) is 0.0909. The molecular formula is C30H34ClN3O8. The molecule has 0 aliphatic heterocycles. The summed E-state index contributed by atoms with van der Waals surface area (Å²) in [7, 11) is 0. The van der Waals surface area contributed by atoms with E-state index in [1.54, 1.807) is 84.0 Å². The summed E-state index contributed by atoms with van der Waals surface area (Å²) in [5.41, 5.74) is -0.576. The Hall–Kier alpha value is -4.38. The molecule has 42 heavy (non-hydrogen) atoms. The molecule has 0 saturated heterocycles. The van der Waals surface area contributed by atoms with Crippen LogP contribution in [0.1, 0.15) is 63.0 Å². The number of amides is 2. The highest BCUT2D eigenvalue weighted by molar-refractivity contribution is 6.17. The Labute approximate surface area is 248 Å². The van der Waals surface area contributed by atoms with Gasteiger partial charge in [0, 0.05) is 17.8 Å². The molecule has 3 aromatic rings. The lowest BCUT2D eigenvalue weighted by Gasteiger charge is -2.21. The van der Waals surface area contributed by atoms with Crippen molar-refractivity contribution in [2.24, 2.45) is 4.99 Å². The minimum absolute atomic E-state index is 0.128. The van der Waals surface area contributed by atoms with Gasteiger partial charge in [-0.1, -0.05) is 18.2 Å². The van der Waals surface area contributed by atoms with Crippen molar-refractivity contribution < 1.29 is 33.0 Å². The molecule has 0 spiro atoms. The highest BCUT2D eigenvalue weighted by Crippen LogP contribution is 2.19. The number of carbonyl (C=O) groups excluding carboxylic acids is 3. The normalized spacial score (nSPS) is 12.0. The van der Waals surface area contributed by atoms with Gasteiger partial charge in [-0.2, -0.15) is 0 Å². The second kappa shape index (κ2) is 13.5. The Morgan fingerprint density at radius 2 is 1.55 bits per heavy atom. The van der Waals surface area contributed by atoms with E-state index >= 15 is 0 Å². The summed E-state index contributed by atoms with van der Waals surface area (Å²) in [6.45, 7) is 10.5. The topological polar surface area (TPSA) is 146 Å². The molecule has 1 heterocycles. The molecule has 11 nitrogen and oxygen atoms in total. The van der Waals surface area contributed by atoms with Crippen LogP contribution in [0.5, 0.6) is 5.75 Å². The zero-order valence-corrected chi connectivity index (χ0v) is 25.1. The van der Waals surface area contributed by atoms with Gasteiger partial charge in [-0.05, 0) is 89.4 Å². The van der Waals surface area contributed by atoms with Crippen LogP contribution in [0.4, 0.5) is 9.59 Å². The first-order valence-corrected chi connectivity index (χ1v) is 13.6. The van der Waals surface area contributed by atoms with Gasteiger partial charge in [0.2, 0.25) is 5.96 Å². The molecule has 0 fully saturated rings. The van der Waals surface area contributed by atoms with Gasteiger partial charge >= 0.3 is 23.8 Å². The van der Waals surface area contributed by atoms with E-state index < -0.39 is 35.0 Å². The number of guanidine groups is 1. The van der Waals surface area contributed by atoms with E-state index in [1.165, 1.54) is 6.07 Å². The van der Waals surface area contributed by atoms with Crippen LogP contribution in [0.2, 0.25) is 0 Å². The largest absolute Gasteiger partial charge is 0.444 e. The summed E-state index contributed by atoms with van der Waals surface area (Å²) in [6.07, 6.45) is -1.22. The number of alkyl carbamates (subject to hydrolysis) is 1. The number of rotatable bonds is 6. The van der Waals surface area contributed by atoms with Crippen LogP contribution < -0.4 is 21.0 Å². The van der Waals surface area contributed by atoms with Gasteiger partial charge in [-0.25, -0.2) is 19.2 Å². The SMILES string of the molecule is CC(C)(C)OC(=O)N=C(NCCc1ccc(OC(=O)c2cc3cc(CCl)ccc3oc2=O)cc1)NC(=O)OC(C)(C)C. The van der Waals surface area contributed by atoms with Crippen molar-refractivity contribution >= 4 is 46.7 Å². The zero-order valence-electron chi connectivity index (χ0n) is 24.3. The van der Waals surface area contributed by atoms with Crippen molar-refractivity contribution in [3.8, 4) is 5.75 Å². The van der Waals surface area contributed by atoms with E-state index in [1.807, 2.05) is 0 Å². The van der Waals surface area contributed by atoms with Gasteiger partial charge in [0.1, 0.15) is 28.1 Å². The van der Waals surface area contributed by atoms with Crippen molar-refractivity contribution in [2.45, 2.75) is 65.0 Å². The summed E-state index contributed by atoms with van der Waals surface area (Å²) < 4.78 is 21.1. The van der Waals surface area contributed by atoms with Crippen LogP contribution in [-0.2, 0) is 21.8 Å². The van der Waals surface area contributed by atoms with Crippen LogP contribution in [0.3, 0.4) is 0 Å². The molecule has 0 bridgehead atoms. The Kier molecular flexibility index (Phi) is 10.3. The number of halogens is 1. The van der Waals surface area contributed by atoms with Crippen molar-refractivity contribution in [3.05, 3.63) is 75.6 Å². The van der Waals surface area contributed by atoms with E-state index in [-0.39, 0.29) is 29.7 Å². The number of benzene rings is 2. The van der Waals surface area contributed by atoms with Gasteiger partial charge in [0.15, 0.2) is 0 Å². The minimum Gasteiger partial charge on any atom is -0.444 e. The van der Waals surface area contributed by atoms with E-state index in [0.717, 1.165) is 11.1 Å². The number of carbonyl (C=O) groups is 3. The second-order valence-corrected chi connectivity index (χ2v) is 11.5. The third-order valence-electron chi connectivity index (χ3n) is 5.23. The molecule has 0 radical (unpaired) electrons. The molecule has 1 aromatic heterocycles. The highest BCUT2D eigenvalue weighted by atomic mass is 35.5. The smallest absolute Gasteiger partial charge is 0.437 e. The lowest BCUT2D eigenvalue weighted by molar-refractivity contribution is 0.0559. The summed E-state index contributed by atoms with van der Waals surface area (Å²) in [4.78, 5) is 53.3. The third kappa shape index (κ3) is 10.2. The van der Waals surface area contributed by atoms with E-state index in [0.29, 0.717) is 17.4 Å². The van der Waals surface area contributed by atoms with Gasteiger partial charge < -0.3 is 23.9 Å². The van der Waals surface area contributed by atoms with Crippen LogP contribution in [0.25, 0.3) is 11.0 Å². The number of alkyl halides is 1. The lowest BCUT2D eigenvalue weighted by Crippen LogP contribution is -2.44. The van der Waals surface area contributed by atoms with Crippen molar-refractivity contribution in [3.63, 3.8) is 0 Å². The van der Waals surface area contributed by atoms with Crippen LogP contribution >= 0.6 is 11.6 Å². The average molecular weight is 600 g/mol. The first-order valence-electron chi connectivity index (χ1n) is 13.1. The van der Waals surface area contributed by atoms with Crippen LogP contribution in [-0.4, -0.2) is 41.9 Å². The number of hydrogen-bond donors (Lipinski definition) is 2. The fourth-order valence-corrected chi connectivity index (χ4v) is 3.66. The molecule has 0 unspecified atom stereocenters. The number of nitrogens with zero attached hydrogens (tertiary/aromatic N) is 1. The van der Waals surface area contributed by atoms with Gasteiger partial charge in [-0.15, -0.1) is 16.6 Å². The summed E-state index contributed by atoms with van der Waals surface area (Å²) in [5.74, 6) is -0.483. The van der Waals surface area contributed by atoms with E-state index in [4.69, 9.17) is 30.2 Å². The van der Waals surface area contributed by atoms with E-state index in [2.05, 4.69) is 15.6 Å². The first-order chi connectivity index (χ1) is 19.6. The summed E-state index contributed by atoms with van der Waals surface area (Å²) in [5, 5.41) is 5.88. The Balaban J connectivity index is 1.63. The molecule has 2 aromatic carbocycles. The maximum Gasteiger partial charge on any atom is 0.437 e. The van der Waals surface area contributed by atoms with Crippen LogP contribution in [0.15, 0.2) is 62.7 Å². The first kappa shape index (κ1) is 32.1. The molecular weight excluding hydrogens is 566 g/mol.